The van der Waals surface area contributed by atoms with Gasteiger partial charge in [0.2, 0.25) is 0 Å². The first-order valence-electron chi connectivity index (χ1n) is 8.91. The van der Waals surface area contributed by atoms with E-state index in [1.54, 1.807) is 24.7 Å². The zero-order chi connectivity index (χ0) is 19.4. The number of hydrogen-bond acceptors (Lipinski definition) is 4. The molecule has 0 atom stereocenters. The van der Waals surface area contributed by atoms with Crippen LogP contribution in [0.5, 0.6) is 0 Å². The fraction of sp³-hybridized carbons (Fsp3) is 0.300. The number of nitrogens with one attached hydrogen (secondary N) is 1. The van der Waals surface area contributed by atoms with Crippen LogP contribution in [0.2, 0.25) is 0 Å². The van der Waals surface area contributed by atoms with E-state index in [0.29, 0.717) is 23.5 Å². The second-order valence-corrected chi connectivity index (χ2v) is 6.40. The quantitative estimate of drug-likeness (QED) is 0.396. The van der Waals surface area contributed by atoms with Crippen molar-refractivity contribution < 1.29 is 9.59 Å². The number of carbonyl (C=O) groups excluding carboxylic acids is 2. The van der Waals surface area contributed by atoms with E-state index in [-0.39, 0.29) is 0 Å². The third-order valence-electron chi connectivity index (χ3n) is 4.51. The van der Waals surface area contributed by atoms with Gasteiger partial charge in [-0.2, -0.15) is 5.10 Å². The van der Waals surface area contributed by atoms with Crippen molar-refractivity contribution in [1.82, 2.24) is 24.6 Å². The number of Topliss-reactive ketones (excluding diaryl/α,β-unsaturated/α-hetero) is 1. The monoisotopic (exact) mass is 365 g/mol. The number of nitrogens with zero attached hydrogens (tertiary/aromatic N) is 4. The maximum atomic E-state index is 12.6. The molecule has 3 rings (SSSR count). The molecule has 1 N–H and O–H groups in total. The Morgan fingerprint density at radius 3 is 2.52 bits per heavy atom. The summed E-state index contributed by atoms with van der Waals surface area (Å²) in [6.07, 6.45) is 4.36. The highest BCUT2D eigenvalue weighted by Crippen LogP contribution is 2.18. The molecule has 0 aliphatic heterocycles. The van der Waals surface area contributed by atoms with Crippen molar-refractivity contribution >= 4 is 11.7 Å². The Kier molecular flexibility index (Phi) is 5.49. The van der Waals surface area contributed by atoms with E-state index in [2.05, 4.69) is 15.4 Å². The van der Waals surface area contributed by atoms with Gasteiger partial charge in [0.1, 0.15) is 5.82 Å². The summed E-state index contributed by atoms with van der Waals surface area (Å²) >= 11 is 0. The number of amides is 1. The van der Waals surface area contributed by atoms with Gasteiger partial charge in [-0.1, -0.05) is 18.2 Å². The van der Waals surface area contributed by atoms with Gasteiger partial charge in [-0.3, -0.25) is 9.59 Å². The van der Waals surface area contributed by atoms with Crippen molar-refractivity contribution in [2.45, 2.75) is 33.7 Å². The van der Waals surface area contributed by atoms with Crippen LogP contribution in [0, 0.1) is 20.8 Å². The van der Waals surface area contributed by atoms with Crippen molar-refractivity contribution in [3.8, 4) is 5.69 Å². The van der Waals surface area contributed by atoms with E-state index >= 15 is 0 Å². The number of ketones is 1. The molecular weight excluding hydrogens is 342 g/mol. The molecule has 2 aromatic heterocycles. The molecule has 0 aliphatic rings. The van der Waals surface area contributed by atoms with Crippen LogP contribution in [0.4, 0.5) is 0 Å². The number of imidazole rings is 1. The van der Waals surface area contributed by atoms with Crippen molar-refractivity contribution in [3.05, 3.63) is 65.5 Å². The predicted molar refractivity (Wildman–Crippen MR) is 102 cm³/mol. The molecule has 2 heterocycles. The van der Waals surface area contributed by atoms with Crippen LogP contribution in [0.15, 0.2) is 42.7 Å². The van der Waals surface area contributed by atoms with Crippen LogP contribution in [0.1, 0.15) is 34.0 Å². The highest BCUT2D eigenvalue weighted by atomic mass is 16.2. The minimum absolute atomic E-state index is 0.363. The minimum Gasteiger partial charge on any atom is -0.349 e. The summed E-state index contributed by atoms with van der Waals surface area (Å²) in [5.74, 6) is -0.223. The van der Waals surface area contributed by atoms with E-state index in [1.807, 2.05) is 48.0 Å². The second kappa shape index (κ2) is 7.99. The first-order chi connectivity index (χ1) is 13.0. The zero-order valence-corrected chi connectivity index (χ0v) is 15.8. The van der Waals surface area contributed by atoms with Gasteiger partial charge in [-0.25, -0.2) is 9.67 Å². The molecule has 0 unspecified atom stereocenters. The lowest BCUT2D eigenvalue weighted by atomic mass is 10.1. The minimum atomic E-state index is -0.601. The van der Waals surface area contributed by atoms with Gasteiger partial charge in [0.05, 0.1) is 22.6 Å². The number of benzene rings is 1. The summed E-state index contributed by atoms with van der Waals surface area (Å²) in [6.45, 7) is 6.64. The molecule has 0 saturated heterocycles. The van der Waals surface area contributed by atoms with E-state index < -0.39 is 11.7 Å². The summed E-state index contributed by atoms with van der Waals surface area (Å²) in [6, 6.07) is 9.54. The summed E-state index contributed by atoms with van der Waals surface area (Å²) in [4.78, 5) is 29.1. The lowest BCUT2D eigenvalue weighted by Gasteiger charge is -2.07. The van der Waals surface area contributed by atoms with Crippen LogP contribution in [-0.2, 0) is 11.3 Å². The van der Waals surface area contributed by atoms with Gasteiger partial charge in [0.25, 0.3) is 11.7 Å². The molecule has 0 fully saturated rings. The van der Waals surface area contributed by atoms with Crippen LogP contribution >= 0.6 is 0 Å². The van der Waals surface area contributed by atoms with Gasteiger partial charge >= 0.3 is 0 Å². The lowest BCUT2D eigenvalue weighted by Crippen LogP contribution is -2.32. The van der Waals surface area contributed by atoms with Crippen LogP contribution in [-0.4, -0.2) is 37.6 Å². The van der Waals surface area contributed by atoms with Gasteiger partial charge in [0, 0.05) is 25.5 Å². The normalized spacial score (nSPS) is 10.8. The Balaban J connectivity index is 1.64. The lowest BCUT2D eigenvalue weighted by molar-refractivity contribution is -0.117. The molecule has 1 amide bonds. The van der Waals surface area contributed by atoms with E-state index in [9.17, 15) is 9.59 Å². The van der Waals surface area contributed by atoms with Crippen LogP contribution in [0.3, 0.4) is 0 Å². The zero-order valence-electron chi connectivity index (χ0n) is 15.8. The molecule has 3 aromatic rings. The summed E-state index contributed by atoms with van der Waals surface area (Å²) in [5.41, 5.74) is 2.42. The maximum absolute atomic E-state index is 12.6. The van der Waals surface area contributed by atoms with Crippen LogP contribution in [0.25, 0.3) is 5.69 Å². The van der Waals surface area contributed by atoms with Gasteiger partial charge in [-0.05, 0) is 39.3 Å². The van der Waals surface area contributed by atoms with Crippen molar-refractivity contribution in [1.29, 1.82) is 0 Å². The molecular formula is C20H23N5O2. The number of carbonyl (C=O) groups is 2. The largest absolute Gasteiger partial charge is 0.349 e. The molecule has 0 saturated carbocycles. The van der Waals surface area contributed by atoms with E-state index in [4.69, 9.17) is 0 Å². The Morgan fingerprint density at radius 1 is 1.11 bits per heavy atom. The molecule has 0 spiro atoms. The first-order valence-corrected chi connectivity index (χ1v) is 8.91. The van der Waals surface area contributed by atoms with Crippen molar-refractivity contribution in [2.24, 2.45) is 0 Å². The third kappa shape index (κ3) is 3.97. The maximum Gasteiger partial charge on any atom is 0.292 e. The second-order valence-electron chi connectivity index (χ2n) is 6.40. The van der Waals surface area contributed by atoms with Crippen molar-refractivity contribution in [3.63, 3.8) is 0 Å². The molecule has 0 aliphatic carbocycles. The Hall–Kier alpha value is -3.22. The highest BCUT2D eigenvalue weighted by Gasteiger charge is 2.24. The standard InChI is InChI=1S/C20H23N5O2/c1-14-18(15(2)25(23-14)17-8-5-4-6-9-17)19(26)20(27)22-10-7-12-24-13-11-21-16(24)3/h4-6,8-9,11,13H,7,10,12H2,1-3H3,(H,22,27). The van der Waals surface area contributed by atoms with Crippen LogP contribution < -0.4 is 5.32 Å². The SMILES string of the molecule is Cc1nn(-c2ccccc2)c(C)c1C(=O)C(=O)NCCCn1ccnc1C. The average Bonchev–Trinajstić information content (AvgIpc) is 3.21. The summed E-state index contributed by atoms with van der Waals surface area (Å²) in [7, 11) is 0. The Bertz CT molecular complexity index is 956. The predicted octanol–water partition coefficient (Wildman–Crippen LogP) is 2.38. The number of hydrogen-bond donors (Lipinski definition) is 1. The highest BCUT2D eigenvalue weighted by molar-refractivity contribution is 6.43. The number of aryl methyl sites for hydroxylation is 3. The molecule has 0 radical (unpaired) electrons. The topological polar surface area (TPSA) is 81.8 Å². The Labute approximate surface area is 158 Å². The molecule has 27 heavy (non-hydrogen) atoms. The van der Waals surface area contributed by atoms with Gasteiger partial charge in [0.15, 0.2) is 0 Å². The fourth-order valence-electron chi connectivity index (χ4n) is 3.08. The Morgan fingerprint density at radius 2 is 1.85 bits per heavy atom. The number of para-hydroxylation sites is 1. The average molecular weight is 365 g/mol. The van der Waals surface area contributed by atoms with E-state index in [1.165, 1.54) is 0 Å². The summed E-state index contributed by atoms with van der Waals surface area (Å²) in [5, 5.41) is 7.14. The smallest absolute Gasteiger partial charge is 0.292 e. The number of aromatic nitrogens is 4. The molecule has 7 nitrogen and oxygen atoms in total. The van der Waals surface area contributed by atoms with Gasteiger partial charge in [-0.15, -0.1) is 0 Å². The van der Waals surface area contributed by atoms with E-state index in [0.717, 1.165) is 24.5 Å². The molecule has 0 bridgehead atoms. The molecule has 7 heteroatoms. The van der Waals surface area contributed by atoms with Crippen molar-refractivity contribution in [2.75, 3.05) is 6.54 Å². The first kappa shape index (κ1) is 18.6. The summed E-state index contributed by atoms with van der Waals surface area (Å²) < 4.78 is 3.70. The number of rotatable bonds is 7. The molecule has 140 valence electrons. The molecule has 1 aromatic carbocycles. The fourth-order valence-corrected chi connectivity index (χ4v) is 3.08. The van der Waals surface area contributed by atoms with Gasteiger partial charge < -0.3 is 9.88 Å². The third-order valence-corrected chi connectivity index (χ3v) is 4.51.